The van der Waals surface area contributed by atoms with E-state index < -0.39 is 0 Å². The molecule has 0 aliphatic heterocycles. The van der Waals surface area contributed by atoms with E-state index in [2.05, 4.69) is 63.7 Å². The van der Waals surface area contributed by atoms with Crippen molar-refractivity contribution in [1.29, 1.82) is 0 Å². The summed E-state index contributed by atoms with van der Waals surface area (Å²) in [5.41, 5.74) is 5.60. The van der Waals surface area contributed by atoms with Gasteiger partial charge >= 0.3 is 0 Å². The summed E-state index contributed by atoms with van der Waals surface area (Å²) in [6, 6.07) is 4.61. The van der Waals surface area contributed by atoms with Crippen molar-refractivity contribution >= 4 is 0 Å². The maximum atomic E-state index is 12.1. The number of benzene rings is 1. The van der Waals surface area contributed by atoms with E-state index in [-0.39, 0.29) is 0 Å². The summed E-state index contributed by atoms with van der Waals surface area (Å²) < 4.78 is 18.2. The van der Waals surface area contributed by atoms with Crippen LogP contribution in [0.3, 0.4) is 0 Å². The van der Waals surface area contributed by atoms with Crippen molar-refractivity contribution in [2.45, 2.75) is 53.0 Å². The molecule has 4 nitrogen and oxygen atoms in total. The van der Waals surface area contributed by atoms with Gasteiger partial charge in [0.15, 0.2) is 0 Å². The molecule has 1 atom stereocenters. The molecule has 0 saturated carbocycles. The lowest BCUT2D eigenvalue weighted by atomic mass is 9.96. The lowest BCUT2D eigenvalue weighted by Gasteiger charge is -2.30. The van der Waals surface area contributed by atoms with E-state index in [1.54, 1.807) is 5.54 Å². The first-order valence-electron chi connectivity index (χ1n) is 9.87. The van der Waals surface area contributed by atoms with Crippen LogP contribution in [0.1, 0.15) is 55.8 Å². The highest BCUT2D eigenvalue weighted by Gasteiger charge is 2.18. The number of rotatable bonds is 13. The highest BCUT2D eigenvalue weighted by molar-refractivity contribution is 5.44. The van der Waals surface area contributed by atoms with Gasteiger partial charge in [-0.1, -0.05) is 13.0 Å². The van der Waals surface area contributed by atoms with E-state index in [0.717, 1.165) is 51.3 Å². The van der Waals surface area contributed by atoms with Gasteiger partial charge in [-0.2, -0.15) is 5.54 Å². The summed E-state index contributed by atoms with van der Waals surface area (Å²) in [5, 5.41) is 0. The van der Waals surface area contributed by atoms with Gasteiger partial charge in [0, 0.05) is 19.1 Å². The molecule has 0 radical (unpaired) electrons. The highest BCUT2D eigenvalue weighted by atomic mass is 19.2. The van der Waals surface area contributed by atoms with E-state index in [1.807, 2.05) is 0 Å². The first kappa shape index (κ1) is 22.9. The fourth-order valence-electron chi connectivity index (χ4n) is 3.31. The third-order valence-electron chi connectivity index (χ3n) is 5.16. The van der Waals surface area contributed by atoms with E-state index >= 15 is 0 Å². The molecule has 1 aromatic carbocycles. The largest absolute Gasteiger partial charge is 0.493 e. The summed E-state index contributed by atoms with van der Waals surface area (Å²) in [7, 11) is 4.20. The van der Waals surface area contributed by atoms with Gasteiger partial charge in [-0.05, 0) is 90.0 Å². The molecule has 0 aliphatic rings. The van der Waals surface area contributed by atoms with Gasteiger partial charge in [-0.25, -0.2) is 0 Å². The van der Waals surface area contributed by atoms with Crippen LogP contribution in [0.25, 0.3) is 0 Å². The van der Waals surface area contributed by atoms with Crippen molar-refractivity contribution in [3.63, 3.8) is 0 Å². The van der Waals surface area contributed by atoms with E-state index in [9.17, 15) is 4.48 Å². The zero-order chi connectivity index (χ0) is 19.5. The number of ether oxygens (including phenoxy) is 1. The summed E-state index contributed by atoms with van der Waals surface area (Å²) >= 11 is 0. The normalized spacial score (nSPS) is 12.8. The fourth-order valence-corrected chi connectivity index (χ4v) is 3.31. The Hall–Kier alpha value is -1.17. The molecule has 0 aromatic heterocycles. The maximum absolute atomic E-state index is 12.1. The number of unbranched alkanes of at least 4 members (excludes halogenated alkanes) is 1. The van der Waals surface area contributed by atoms with Crippen molar-refractivity contribution in [2.24, 2.45) is 0 Å². The van der Waals surface area contributed by atoms with Crippen LogP contribution in [-0.4, -0.2) is 56.7 Å². The minimum atomic E-state index is 0.312. The van der Waals surface area contributed by atoms with Crippen molar-refractivity contribution in [1.82, 2.24) is 15.3 Å². The Labute approximate surface area is 159 Å². The van der Waals surface area contributed by atoms with Crippen LogP contribution in [0.15, 0.2) is 12.1 Å². The molecular formula is C21H38FN3O. The van der Waals surface area contributed by atoms with Gasteiger partial charge in [0.25, 0.3) is 0 Å². The molecule has 1 rings (SSSR count). The molecule has 0 fully saturated rings. The van der Waals surface area contributed by atoms with Crippen LogP contribution < -0.4 is 10.3 Å². The molecule has 0 spiro atoms. The molecule has 26 heavy (non-hydrogen) atoms. The maximum Gasteiger partial charge on any atom is 0.122 e. The van der Waals surface area contributed by atoms with Crippen molar-refractivity contribution in [3.05, 3.63) is 28.8 Å². The van der Waals surface area contributed by atoms with Gasteiger partial charge in [0.05, 0.1) is 6.61 Å². The van der Waals surface area contributed by atoms with E-state index in [0.29, 0.717) is 12.6 Å². The Bertz CT molecular complexity index is 522. The third kappa shape index (κ3) is 7.22. The van der Waals surface area contributed by atoms with Crippen LogP contribution in [0.2, 0.25) is 0 Å². The standard InChI is InChI=1S/C21H38FN3O/c1-7-25(15-10-13-23-22)19(4)20-11-12-21(18(3)17(20)2)26-16-9-8-14-24(5)6/h11-12,19,23H,7-10,13-16H2,1-6H3. The van der Waals surface area contributed by atoms with Gasteiger partial charge in [-0.15, -0.1) is 4.48 Å². The predicted octanol–water partition coefficient (Wildman–Crippen LogP) is 4.27. The van der Waals surface area contributed by atoms with Gasteiger partial charge in [0.1, 0.15) is 5.75 Å². The van der Waals surface area contributed by atoms with Crippen LogP contribution in [-0.2, 0) is 0 Å². The lowest BCUT2D eigenvalue weighted by Crippen LogP contribution is -2.29. The van der Waals surface area contributed by atoms with E-state index in [1.165, 1.54) is 16.7 Å². The molecule has 1 N–H and O–H groups in total. The Morgan fingerprint density at radius 1 is 1.08 bits per heavy atom. The minimum absolute atomic E-state index is 0.312. The third-order valence-corrected chi connectivity index (χ3v) is 5.16. The molecule has 150 valence electrons. The summed E-state index contributed by atoms with van der Waals surface area (Å²) in [6.07, 6.45) is 3.03. The van der Waals surface area contributed by atoms with Crippen LogP contribution in [0.4, 0.5) is 4.48 Å². The second kappa shape index (κ2) is 12.3. The molecule has 5 heteroatoms. The number of nitrogens with one attached hydrogen (secondary N) is 1. The van der Waals surface area contributed by atoms with Crippen LogP contribution in [0, 0.1) is 13.8 Å². The van der Waals surface area contributed by atoms with E-state index in [4.69, 9.17) is 4.74 Å². The van der Waals surface area contributed by atoms with Gasteiger partial charge in [-0.3, -0.25) is 4.90 Å². The van der Waals surface area contributed by atoms with Gasteiger partial charge in [0.2, 0.25) is 0 Å². The molecule has 0 aliphatic carbocycles. The Morgan fingerprint density at radius 3 is 2.42 bits per heavy atom. The van der Waals surface area contributed by atoms with Crippen molar-refractivity contribution in [3.8, 4) is 5.75 Å². The first-order valence-corrected chi connectivity index (χ1v) is 9.87. The SMILES string of the molecule is CCN(CCCNF)C(C)c1ccc(OCCCCN(C)C)c(C)c1C. The highest BCUT2D eigenvalue weighted by Crippen LogP contribution is 2.30. The zero-order valence-corrected chi connectivity index (χ0v) is 17.6. The predicted molar refractivity (Wildman–Crippen MR) is 109 cm³/mol. The minimum Gasteiger partial charge on any atom is -0.493 e. The molecule has 1 aromatic rings. The fraction of sp³-hybridized carbons (Fsp3) is 0.714. The molecule has 0 amide bonds. The summed E-state index contributed by atoms with van der Waals surface area (Å²) in [4.78, 5) is 4.59. The average molecular weight is 368 g/mol. The van der Waals surface area contributed by atoms with Gasteiger partial charge < -0.3 is 9.64 Å². The smallest absolute Gasteiger partial charge is 0.122 e. The van der Waals surface area contributed by atoms with Crippen LogP contribution in [0.5, 0.6) is 5.75 Å². The molecular weight excluding hydrogens is 329 g/mol. The molecule has 0 saturated heterocycles. The Balaban J connectivity index is 2.69. The van der Waals surface area contributed by atoms with Crippen LogP contribution >= 0.6 is 0 Å². The molecule has 0 heterocycles. The van der Waals surface area contributed by atoms with Crippen molar-refractivity contribution in [2.75, 3.05) is 46.9 Å². The lowest BCUT2D eigenvalue weighted by molar-refractivity contribution is 0.209. The summed E-state index contributed by atoms with van der Waals surface area (Å²) in [5.74, 6) is 0.994. The Morgan fingerprint density at radius 2 is 1.81 bits per heavy atom. The summed E-state index contributed by atoms with van der Waals surface area (Å²) in [6.45, 7) is 12.8. The number of halogens is 1. The van der Waals surface area contributed by atoms with Crippen molar-refractivity contribution < 1.29 is 9.22 Å². The number of hydrogen-bond acceptors (Lipinski definition) is 4. The molecule has 0 bridgehead atoms. The zero-order valence-electron chi connectivity index (χ0n) is 17.6. The quantitative estimate of drug-likeness (QED) is 0.416. The molecule has 1 unspecified atom stereocenters. The second-order valence-corrected chi connectivity index (χ2v) is 7.30. The number of nitrogens with zero attached hydrogens (tertiary/aromatic N) is 2. The Kier molecular flexibility index (Phi) is 10.8. The average Bonchev–Trinajstić information content (AvgIpc) is 2.61. The number of hydrogen-bond donors (Lipinski definition) is 1. The first-order chi connectivity index (χ1) is 12.4. The second-order valence-electron chi connectivity index (χ2n) is 7.30. The topological polar surface area (TPSA) is 27.7 Å². The monoisotopic (exact) mass is 367 g/mol.